The molecule has 0 radical (unpaired) electrons. The molecule has 0 aromatic heterocycles. The molecule has 20 heavy (non-hydrogen) atoms. The third-order valence-corrected chi connectivity index (χ3v) is 2.45. The van der Waals surface area contributed by atoms with Crippen molar-refractivity contribution in [3.63, 3.8) is 0 Å². The van der Waals surface area contributed by atoms with Crippen LogP contribution in [0.3, 0.4) is 0 Å². The molecule has 0 aliphatic carbocycles. The fourth-order valence-corrected chi connectivity index (χ4v) is 1.59. The van der Waals surface area contributed by atoms with Gasteiger partial charge in [0.15, 0.2) is 0 Å². The summed E-state index contributed by atoms with van der Waals surface area (Å²) in [7, 11) is 0. The van der Waals surface area contributed by atoms with Crippen molar-refractivity contribution in [3.05, 3.63) is 72.8 Å². The molecule has 0 aliphatic heterocycles. The van der Waals surface area contributed by atoms with E-state index in [4.69, 9.17) is 0 Å². The largest absolute Gasteiger partial charge is 0.255 e. The Morgan fingerprint density at radius 3 is 1.95 bits per heavy atom. The first-order valence-electron chi connectivity index (χ1n) is 6.24. The molecule has 0 unspecified atom stereocenters. The molecule has 0 aliphatic rings. The van der Waals surface area contributed by atoms with E-state index in [0.717, 1.165) is 17.1 Å². The Morgan fingerprint density at radius 1 is 0.850 bits per heavy atom. The molecule has 2 aromatic carbocycles. The smallest absolute Gasteiger partial charge is 0.0816 e. The standard InChI is InChI=1S/C17H16N2.Ni/c1-2-9-17(19-16-12-7-4-8-13-16)14-18-15-10-5-3-6-11-15;/h2-14H,1H3;/b9-2-,18-14?,19-17?;. The fourth-order valence-electron chi connectivity index (χ4n) is 1.59. The van der Waals surface area contributed by atoms with Gasteiger partial charge in [-0.2, -0.15) is 0 Å². The number of benzene rings is 2. The molecule has 0 N–H and O–H groups in total. The Morgan fingerprint density at radius 2 is 1.40 bits per heavy atom. The van der Waals surface area contributed by atoms with E-state index >= 15 is 0 Å². The van der Waals surface area contributed by atoms with Crippen LogP contribution in [0, 0.1) is 0 Å². The average Bonchev–Trinajstić information content (AvgIpc) is 2.47. The summed E-state index contributed by atoms with van der Waals surface area (Å²) in [6, 6.07) is 19.7. The monoisotopic (exact) mass is 306 g/mol. The van der Waals surface area contributed by atoms with Crippen LogP contribution in [0.15, 0.2) is 82.8 Å². The maximum absolute atomic E-state index is 4.54. The van der Waals surface area contributed by atoms with E-state index in [1.54, 1.807) is 6.21 Å². The average molecular weight is 307 g/mol. The topological polar surface area (TPSA) is 24.7 Å². The van der Waals surface area contributed by atoms with Crippen molar-refractivity contribution in [3.8, 4) is 0 Å². The fraction of sp³-hybridized carbons (Fsp3) is 0.0588. The molecule has 0 saturated heterocycles. The van der Waals surface area contributed by atoms with Gasteiger partial charge in [0, 0.05) is 16.5 Å². The molecule has 0 atom stereocenters. The van der Waals surface area contributed by atoms with Crippen molar-refractivity contribution in [2.75, 3.05) is 0 Å². The summed E-state index contributed by atoms with van der Waals surface area (Å²) in [4.78, 5) is 8.96. The predicted octanol–water partition coefficient (Wildman–Crippen LogP) is 4.74. The van der Waals surface area contributed by atoms with Gasteiger partial charge in [-0.3, -0.25) is 4.99 Å². The van der Waals surface area contributed by atoms with Crippen LogP contribution in [-0.2, 0) is 16.5 Å². The van der Waals surface area contributed by atoms with Crippen LogP contribution in [0.2, 0.25) is 0 Å². The van der Waals surface area contributed by atoms with Gasteiger partial charge >= 0.3 is 0 Å². The van der Waals surface area contributed by atoms with Crippen molar-refractivity contribution in [1.82, 2.24) is 0 Å². The Hall–Kier alpha value is -1.99. The van der Waals surface area contributed by atoms with Gasteiger partial charge < -0.3 is 0 Å². The number of hydrogen-bond donors (Lipinski definition) is 0. The second-order valence-corrected chi connectivity index (χ2v) is 3.97. The Kier molecular flexibility index (Phi) is 7.23. The van der Waals surface area contributed by atoms with E-state index in [1.165, 1.54) is 0 Å². The summed E-state index contributed by atoms with van der Waals surface area (Å²) < 4.78 is 0. The van der Waals surface area contributed by atoms with Gasteiger partial charge in [-0.05, 0) is 37.3 Å². The minimum absolute atomic E-state index is 0. The van der Waals surface area contributed by atoms with Crippen molar-refractivity contribution < 1.29 is 16.5 Å². The molecule has 0 spiro atoms. The molecule has 2 rings (SSSR count). The zero-order chi connectivity index (χ0) is 13.3. The summed E-state index contributed by atoms with van der Waals surface area (Å²) in [5.41, 5.74) is 2.68. The summed E-state index contributed by atoms with van der Waals surface area (Å²) in [5, 5.41) is 0. The van der Waals surface area contributed by atoms with Crippen molar-refractivity contribution in [1.29, 1.82) is 0 Å². The van der Waals surface area contributed by atoms with E-state index in [2.05, 4.69) is 9.98 Å². The molecule has 0 saturated carbocycles. The Balaban J connectivity index is 0.00000200. The number of allylic oxidation sites excluding steroid dienone is 2. The zero-order valence-electron chi connectivity index (χ0n) is 11.2. The van der Waals surface area contributed by atoms with Crippen LogP contribution in [-0.4, -0.2) is 11.9 Å². The molecule has 0 bridgehead atoms. The second kappa shape index (κ2) is 9.00. The maximum atomic E-state index is 4.54. The zero-order valence-corrected chi connectivity index (χ0v) is 12.2. The first-order chi connectivity index (χ1) is 9.38. The van der Waals surface area contributed by atoms with E-state index < -0.39 is 0 Å². The van der Waals surface area contributed by atoms with Gasteiger partial charge in [0.25, 0.3) is 0 Å². The van der Waals surface area contributed by atoms with Gasteiger partial charge in [-0.25, -0.2) is 4.99 Å². The molecular weight excluding hydrogens is 291 g/mol. The van der Waals surface area contributed by atoms with Gasteiger partial charge in [0.05, 0.1) is 23.3 Å². The molecular formula is C17H16N2Ni. The summed E-state index contributed by atoms with van der Waals surface area (Å²) in [6.07, 6.45) is 5.68. The first kappa shape index (κ1) is 16.1. The molecule has 0 amide bonds. The number of nitrogens with zero attached hydrogens (tertiary/aromatic N) is 2. The van der Waals surface area contributed by atoms with Crippen molar-refractivity contribution in [2.24, 2.45) is 9.98 Å². The summed E-state index contributed by atoms with van der Waals surface area (Å²) in [5.74, 6) is 0. The Bertz CT molecular complexity index is 587. The van der Waals surface area contributed by atoms with E-state index in [0.29, 0.717) is 0 Å². The molecule has 3 heteroatoms. The van der Waals surface area contributed by atoms with Crippen LogP contribution in [0.1, 0.15) is 6.92 Å². The van der Waals surface area contributed by atoms with E-state index in [9.17, 15) is 0 Å². The van der Waals surface area contributed by atoms with Crippen LogP contribution in [0.5, 0.6) is 0 Å². The second-order valence-electron chi connectivity index (χ2n) is 3.97. The molecule has 2 nitrogen and oxygen atoms in total. The molecule has 0 heterocycles. The van der Waals surface area contributed by atoms with Gasteiger partial charge in [-0.1, -0.05) is 42.5 Å². The van der Waals surface area contributed by atoms with Gasteiger partial charge in [-0.15, -0.1) is 0 Å². The maximum Gasteiger partial charge on any atom is 0.0816 e. The predicted molar refractivity (Wildman–Crippen MR) is 82.9 cm³/mol. The van der Waals surface area contributed by atoms with Crippen molar-refractivity contribution in [2.45, 2.75) is 6.92 Å². The normalized spacial score (nSPS) is 11.8. The van der Waals surface area contributed by atoms with E-state index in [-0.39, 0.29) is 16.5 Å². The number of rotatable bonds is 4. The summed E-state index contributed by atoms with van der Waals surface area (Å²) in [6.45, 7) is 1.97. The minimum Gasteiger partial charge on any atom is -0.255 e. The third-order valence-electron chi connectivity index (χ3n) is 2.45. The minimum atomic E-state index is 0. The van der Waals surface area contributed by atoms with Gasteiger partial charge in [0.1, 0.15) is 0 Å². The first-order valence-corrected chi connectivity index (χ1v) is 6.24. The number of hydrogen-bond acceptors (Lipinski definition) is 2. The van der Waals surface area contributed by atoms with Crippen LogP contribution >= 0.6 is 0 Å². The third kappa shape index (κ3) is 5.33. The van der Waals surface area contributed by atoms with Crippen LogP contribution in [0.4, 0.5) is 11.4 Å². The number of aliphatic imine (C=N–C) groups is 2. The molecule has 104 valence electrons. The SMILES string of the molecule is C/C=C\C(C=Nc1ccccc1)=Nc1ccccc1.[Ni]. The summed E-state index contributed by atoms with van der Waals surface area (Å²) >= 11 is 0. The van der Waals surface area contributed by atoms with Crippen LogP contribution in [0.25, 0.3) is 0 Å². The quantitative estimate of drug-likeness (QED) is 0.576. The number of para-hydroxylation sites is 2. The molecule has 2 aromatic rings. The Labute approximate surface area is 129 Å². The van der Waals surface area contributed by atoms with Crippen LogP contribution < -0.4 is 0 Å². The van der Waals surface area contributed by atoms with E-state index in [1.807, 2.05) is 79.7 Å². The molecule has 0 fully saturated rings. The van der Waals surface area contributed by atoms with Crippen molar-refractivity contribution >= 4 is 23.3 Å². The van der Waals surface area contributed by atoms with Gasteiger partial charge in [0.2, 0.25) is 0 Å².